The molecule has 3 heterocycles. The number of nitrogens with zero attached hydrogens (tertiary/aromatic N) is 3. The van der Waals surface area contributed by atoms with Gasteiger partial charge in [-0.2, -0.15) is 5.10 Å². The van der Waals surface area contributed by atoms with Gasteiger partial charge in [0.25, 0.3) is 5.91 Å². The van der Waals surface area contributed by atoms with Crippen LogP contribution in [0.25, 0.3) is 22.2 Å². The van der Waals surface area contributed by atoms with Gasteiger partial charge in [-0.05, 0) is 98.8 Å². The monoisotopic (exact) mass is 543 g/mol. The number of nitrogens with one attached hydrogen (secondary N) is 1. The summed E-state index contributed by atoms with van der Waals surface area (Å²) < 4.78 is 27.5. The number of likely N-dealkylation sites (tertiary alicyclic amines) is 2. The minimum Gasteiger partial charge on any atom is -0.366 e. The minimum atomic E-state index is -0.629. The smallest absolute Gasteiger partial charge is 0.254 e. The van der Waals surface area contributed by atoms with Crippen molar-refractivity contribution in [2.75, 3.05) is 26.2 Å². The van der Waals surface area contributed by atoms with Crippen molar-refractivity contribution in [2.45, 2.75) is 38.1 Å². The average molecular weight is 544 g/mol. The predicted molar refractivity (Wildman–Crippen MR) is 149 cm³/mol. The van der Waals surface area contributed by atoms with E-state index in [1.165, 1.54) is 25.0 Å². The van der Waals surface area contributed by atoms with Crippen LogP contribution in [0.4, 0.5) is 8.78 Å². The molecule has 0 spiro atoms. The van der Waals surface area contributed by atoms with Crippen LogP contribution >= 0.6 is 0 Å². The number of aromatic nitrogens is 2. The number of amides is 2. The predicted octanol–water partition coefficient (Wildman–Crippen LogP) is 4.90. The van der Waals surface area contributed by atoms with Crippen LogP contribution in [0, 0.1) is 11.6 Å². The molecule has 40 heavy (non-hydrogen) atoms. The Morgan fingerprint density at radius 3 is 2.33 bits per heavy atom. The number of primary amides is 1. The lowest BCUT2D eigenvalue weighted by molar-refractivity contribution is 0.0645. The van der Waals surface area contributed by atoms with Crippen LogP contribution in [0.15, 0.2) is 54.6 Å². The second-order valence-electron chi connectivity index (χ2n) is 10.8. The molecule has 3 N–H and O–H groups in total. The summed E-state index contributed by atoms with van der Waals surface area (Å²) in [6.07, 6.45) is 4.68. The molecule has 2 fully saturated rings. The van der Waals surface area contributed by atoms with E-state index in [0.29, 0.717) is 47.9 Å². The number of rotatable bonds is 6. The molecule has 0 atom stereocenters. The minimum absolute atomic E-state index is 0.103. The van der Waals surface area contributed by atoms with Crippen LogP contribution in [0.3, 0.4) is 0 Å². The Morgan fingerprint density at radius 2 is 1.62 bits per heavy atom. The largest absolute Gasteiger partial charge is 0.366 e. The Bertz CT molecular complexity index is 1570. The zero-order valence-corrected chi connectivity index (χ0v) is 22.1. The van der Waals surface area contributed by atoms with Crippen molar-refractivity contribution in [2.24, 2.45) is 5.73 Å². The summed E-state index contributed by atoms with van der Waals surface area (Å²) in [5, 5.41) is 8.27. The van der Waals surface area contributed by atoms with Crippen LogP contribution in [0.5, 0.6) is 0 Å². The second kappa shape index (κ2) is 10.8. The average Bonchev–Trinajstić information content (AvgIpc) is 3.62. The fourth-order valence-electron chi connectivity index (χ4n) is 6.12. The third-order valence-corrected chi connectivity index (χ3v) is 8.16. The van der Waals surface area contributed by atoms with Crippen molar-refractivity contribution in [3.63, 3.8) is 0 Å². The molecule has 1 aromatic heterocycles. The molecule has 6 rings (SSSR count). The number of nitrogens with two attached hydrogens (primary N) is 1. The Morgan fingerprint density at radius 1 is 0.900 bits per heavy atom. The van der Waals surface area contributed by atoms with E-state index in [4.69, 9.17) is 5.73 Å². The van der Waals surface area contributed by atoms with Crippen molar-refractivity contribution >= 4 is 22.7 Å². The number of carbonyl (C=O) groups excluding carboxylic acids is 2. The molecular weight excluding hydrogens is 512 g/mol. The van der Waals surface area contributed by atoms with Gasteiger partial charge in [-0.25, -0.2) is 8.78 Å². The van der Waals surface area contributed by atoms with Gasteiger partial charge in [0, 0.05) is 47.3 Å². The molecule has 206 valence electrons. The normalized spacial score (nSPS) is 16.6. The van der Waals surface area contributed by atoms with Crippen LogP contribution in [-0.4, -0.2) is 64.0 Å². The first-order valence-corrected chi connectivity index (χ1v) is 13.8. The van der Waals surface area contributed by atoms with Crippen molar-refractivity contribution in [1.82, 2.24) is 20.0 Å². The highest BCUT2D eigenvalue weighted by Gasteiger charge is 2.30. The number of aromatic amines is 1. The lowest BCUT2D eigenvalue weighted by Gasteiger charge is -2.36. The van der Waals surface area contributed by atoms with Gasteiger partial charge < -0.3 is 15.5 Å². The van der Waals surface area contributed by atoms with Gasteiger partial charge in [-0.3, -0.25) is 14.7 Å². The van der Waals surface area contributed by atoms with Gasteiger partial charge in [-0.1, -0.05) is 6.07 Å². The Kier molecular flexibility index (Phi) is 7.06. The third kappa shape index (κ3) is 5.21. The lowest BCUT2D eigenvalue weighted by atomic mass is 9.95. The number of fused-ring (bicyclic) bond motifs is 1. The summed E-state index contributed by atoms with van der Waals surface area (Å²) >= 11 is 0. The Hall–Kier alpha value is -4.11. The van der Waals surface area contributed by atoms with Crippen molar-refractivity contribution in [1.29, 1.82) is 0 Å². The highest BCUT2D eigenvalue weighted by molar-refractivity contribution is 6.06. The molecule has 3 aromatic carbocycles. The SMILES string of the molecule is NC(=O)c1ccc(C(=O)N2CCC(N3CCCC3)CC2)c(-c2n[nH]c3ccc(Cc4cc(F)cc(F)c4)cc23)c1. The van der Waals surface area contributed by atoms with Gasteiger partial charge >= 0.3 is 0 Å². The Labute approximate surface area is 231 Å². The third-order valence-electron chi connectivity index (χ3n) is 8.16. The van der Waals surface area contributed by atoms with E-state index in [0.717, 1.165) is 48.5 Å². The Balaban J connectivity index is 1.33. The maximum absolute atomic E-state index is 13.8. The molecule has 0 radical (unpaired) electrons. The molecule has 0 unspecified atom stereocenters. The van der Waals surface area contributed by atoms with Gasteiger partial charge in [0.05, 0.1) is 5.52 Å². The van der Waals surface area contributed by atoms with Gasteiger partial charge in [0.2, 0.25) is 5.91 Å². The molecule has 0 saturated carbocycles. The van der Waals surface area contributed by atoms with Crippen molar-refractivity contribution in [3.05, 3.63) is 88.5 Å². The molecule has 7 nitrogen and oxygen atoms in total. The highest BCUT2D eigenvalue weighted by atomic mass is 19.1. The number of hydrogen-bond acceptors (Lipinski definition) is 4. The van der Waals surface area contributed by atoms with E-state index in [9.17, 15) is 18.4 Å². The molecule has 2 saturated heterocycles. The zero-order valence-electron chi connectivity index (χ0n) is 22.1. The molecule has 2 aliphatic heterocycles. The van der Waals surface area contributed by atoms with E-state index < -0.39 is 17.5 Å². The fourth-order valence-corrected chi connectivity index (χ4v) is 6.12. The summed E-state index contributed by atoms with van der Waals surface area (Å²) in [5.74, 6) is -1.96. The topological polar surface area (TPSA) is 95.3 Å². The second-order valence-corrected chi connectivity index (χ2v) is 10.8. The maximum atomic E-state index is 13.8. The number of piperidine rings is 1. The molecule has 4 aromatic rings. The lowest BCUT2D eigenvalue weighted by Crippen LogP contribution is -2.46. The number of hydrogen-bond donors (Lipinski definition) is 2. The number of halogens is 2. The standard InChI is InChI=1S/C31H31F2N5O2/c32-22-14-20(15-23(33)18-22)13-19-3-6-28-27(16-19)29(36-35-28)26-17-21(30(34)39)4-5-25(26)31(40)38-11-7-24(8-12-38)37-9-1-2-10-37/h3-6,14-18,24H,1-2,7-13H2,(H2,34,39)(H,35,36). The van der Waals surface area contributed by atoms with Crippen LogP contribution < -0.4 is 5.73 Å². The van der Waals surface area contributed by atoms with E-state index in [1.54, 1.807) is 18.2 Å². The van der Waals surface area contributed by atoms with E-state index in [-0.39, 0.29) is 11.5 Å². The van der Waals surface area contributed by atoms with Crippen molar-refractivity contribution in [3.8, 4) is 11.3 Å². The zero-order chi connectivity index (χ0) is 27.8. The summed E-state index contributed by atoms with van der Waals surface area (Å²) in [7, 11) is 0. The van der Waals surface area contributed by atoms with Crippen molar-refractivity contribution < 1.29 is 18.4 Å². The summed E-state index contributed by atoms with van der Waals surface area (Å²) in [6.45, 7) is 3.62. The van der Waals surface area contributed by atoms with Gasteiger partial charge in [0.15, 0.2) is 0 Å². The maximum Gasteiger partial charge on any atom is 0.254 e. The van der Waals surface area contributed by atoms with Gasteiger partial charge in [-0.15, -0.1) is 0 Å². The molecular formula is C31H31F2N5O2. The summed E-state index contributed by atoms with van der Waals surface area (Å²) in [6, 6.07) is 14.4. The molecule has 0 bridgehead atoms. The fraction of sp³-hybridized carbons (Fsp3) is 0.323. The van der Waals surface area contributed by atoms with E-state index in [2.05, 4.69) is 15.1 Å². The quantitative estimate of drug-likeness (QED) is 0.362. The summed E-state index contributed by atoms with van der Waals surface area (Å²) in [5.41, 5.74) is 9.43. The van der Waals surface area contributed by atoms with Crippen LogP contribution in [0.1, 0.15) is 57.5 Å². The van der Waals surface area contributed by atoms with E-state index >= 15 is 0 Å². The molecule has 2 aliphatic rings. The first-order valence-electron chi connectivity index (χ1n) is 13.8. The molecule has 2 amide bonds. The number of carbonyl (C=O) groups is 2. The first kappa shape index (κ1) is 26.1. The first-order chi connectivity index (χ1) is 19.4. The number of H-pyrrole nitrogens is 1. The van der Waals surface area contributed by atoms with Crippen LogP contribution in [-0.2, 0) is 6.42 Å². The molecule has 9 heteroatoms. The number of benzene rings is 3. The highest BCUT2D eigenvalue weighted by Crippen LogP contribution is 2.33. The molecule has 0 aliphatic carbocycles. The summed E-state index contributed by atoms with van der Waals surface area (Å²) in [4.78, 5) is 30.3. The van der Waals surface area contributed by atoms with E-state index in [1.807, 2.05) is 23.1 Å². The van der Waals surface area contributed by atoms with Gasteiger partial charge in [0.1, 0.15) is 17.3 Å². The van der Waals surface area contributed by atoms with Crippen LogP contribution in [0.2, 0.25) is 0 Å².